The summed E-state index contributed by atoms with van der Waals surface area (Å²) in [6, 6.07) is 8.22. The molecule has 4 nitrogen and oxygen atoms in total. The lowest BCUT2D eigenvalue weighted by atomic mass is 10.3. The van der Waals surface area contributed by atoms with Gasteiger partial charge in [0.2, 0.25) is 0 Å². The second kappa shape index (κ2) is 4.18. The van der Waals surface area contributed by atoms with Crippen LogP contribution in [0.25, 0.3) is 0 Å². The van der Waals surface area contributed by atoms with Crippen LogP contribution in [0.15, 0.2) is 30.3 Å². The summed E-state index contributed by atoms with van der Waals surface area (Å²) >= 11 is 5.39. The van der Waals surface area contributed by atoms with E-state index >= 15 is 0 Å². The number of hydrogen-bond acceptors (Lipinski definition) is 3. The summed E-state index contributed by atoms with van der Waals surface area (Å²) in [5.41, 5.74) is 0. The maximum absolute atomic E-state index is 10.8. The van der Waals surface area contributed by atoms with Gasteiger partial charge in [-0.15, -0.1) is 0 Å². The van der Waals surface area contributed by atoms with Gasteiger partial charge in [0.05, 0.1) is 0 Å². The maximum Gasteiger partial charge on any atom is 0.343 e. The van der Waals surface area contributed by atoms with Crippen molar-refractivity contribution in [3.8, 4) is 5.75 Å². The Bertz CT molecular complexity index is 401. The Morgan fingerprint density at radius 2 is 1.71 bits per heavy atom. The molecule has 0 atom stereocenters. The molecule has 1 rings (SSSR count). The van der Waals surface area contributed by atoms with Crippen molar-refractivity contribution in [2.45, 2.75) is 2.75 Å². The number of ether oxygens (including phenoxy) is 1. The first-order valence-electron chi connectivity index (χ1n) is 3.42. The third-order valence-corrected chi connectivity index (χ3v) is 4.74. The number of halogens is 2. The van der Waals surface area contributed by atoms with Crippen molar-refractivity contribution < 1.29 is 17.7 Å². The van der Waals surface area contributed by atoms with Crippen LogP contribution in [0.5, 0.6) is 5.75 Å². The first-order valence-corrected chi connectivity index (χ1v) is 6.44. The largest absolute Gasteiger partial charge is 0.451 e. The van der Waals surface area contributed by atoms with E-state index in [9.17, 15) is 8.42 Å². The zero-order valence-corrected chi connectivity index (χ0v) is 10.7. The maximum atomic E-state index is 10.8. The molecule has 0 aliphatic heterocycles. The summed E-state index contributed by atoms with van der Waals surface area (Å²) in [6.45, 7) is 0. The molecule has 78 valence electrons. The molecular weight excluding hydrogens is 340 g/mol. The molecule has 0 spiro atoms. The zero-order chi connectivity index (χ0) is 10.8. The van der Waals surface area contributed by atoms with E-state index in [1.807, 2.05) is 0 Å². The average Bonchev–Trinajstić information content (AvgIpc) is 2.03. The Balaban J connectivity index is 2.90. The quantitative estimate of drug-likeness (QED) is 0.674. The van der Waals surface area contributed by atoms with E-state index in [1.165, 1.54) is 0 Å². The Hall–Kier alpha value is -0.110. The standard InChI is InChI=1S/C7H6Br2O4S/c8-7(9,14(10,11)12)13-6-4-2-1-3-5-6/h1-5H,(H,10,11,12). The molecule has 0 saturated carbocycles. The predicted octanol–water partition coefficient (Wildman–Crippen LogP) is 2.35. The van der Waals surface area contributed by atoms with Gasteiger partial charge in [-0.1, -0.05) is 18.2 Å². The van der Waals surface area contributed by atoms with Crippen LogP contribution >= 0.6 is 31.9 Å². The van der Waals surface area contributed by atoms with Crippen molar-refractivity contribution in [2.24, 2.45) is 0 Å². The fraction of sp³-hybridized carbons (Fsp3) is 0.143. The smallest absolute Gasteiger partial charge is 0.343 e. The van der Waals surface area contributed by atoms with Gasteiger partial charge in [0.25, 0.3) is 0 Å². The molecule has 0 aromatic heterocycles. The average molecular weight is 346 g/mol. The van der Waals surface area contributed by atoms with Gasteiger partial charge in [0.15, 0.2) is 0 Å². The molecular formula is C7H6Br2O4S. The van der Waals surface area contributed by atoms with Crippen molar-refractivity contribution >= 4 is 42.0 Å². The zero-order valence-electron chi connectivity index (χ0n) is 6.72. The molecule has 0 amide bonds. The molecule has 0 radical (unpaired) electrons. The van der Waals surface area contributed by atoms with E-state index in [2.05, 4.69) is 31.9 Å². The second-order valence-corrected chi connectivity index (χ2v) is 8.23. The summed E-state index contributed by atoms with van der Waals surface area (Å²) < 4.78 is 33.3. The minimum atomic E-state index is -4.39. The molecule has 0 aliphatic carbocycles. The predicted molar refractivity (Wildman–Crippen MR) is 59.2 cm³/mol. The SMILES string of the molecule is O=S(=O)(O)C(Br)(Br)Oc1ccccc1. The van der Waals surface area contributed by atoms with Crippen LogP contribution in [0.3, 0.4) is 0 Å². The van der Waals surface area contributed by atoms with Crippen molar-refractivity contribution in [1.29, 1.82) is 0 Å². The van der Waals surface area contributed by atoms with Gasteiger partial charge in [-0.05, 0) is 44.0 Å². The Morgan fingerprint density at radius 1 is 1.21 bits per heavy atom. The van der Waals surface area contributed by atoms with Gasteiger partial charge >= 0.3 is 12.9 Å². The summed E-state index contributed by atoms with van der Waals surface area (Å²) in [5.74, 6) is 0.305. The van der Waals surface area contributed by atoms with Crippen molar-refractivity contribution in [3.63, 3.8) is 0 Å². The number of para-hydroxylation sites is 1. The van der Waals surface area contributed by atoms with Crippen LogP contribution in [0.4, 0.5) is 0 Å². The van der Waals surface area contributed by atoms with Crippen molar-refractivity contribution in [2.75, 3.05) is 0 Å². The first-order chi connectivity index (χ1) is 6.33. The van der Waals surface area contributed by atoms with Crippen LogP contribution in [0, 0.1) is 0 Å². The van der Waals surface area contributed by atoms with Gasteiger partial charge in [-0.2, -0.15) is 8.42 Å². The minimum absolute atomic E-state index is 0.305. The second-order valence-electron chi connectivity index (χ2n) is 2.35. The highest BCUT2D eigenvalue weighted by Gasteiger charge is 2.40. The molecule has 1 aromatic carbocycles. The fourth-order valence-electron chi connectivity index (χ4n) is 0.678. The van der Waals surface area contributed by atoms with Crippen molar-refractivity contribution in [3.05, 3.63) is 30.3 Å². The Morgan fingerprint density at radius 3 is 2.14 bits per heavy atom. The van der Waals surface area contributed by atoms with Crippen LogP contribution in [-0.2, 0) is 10.1 Å². The van der Waals surface area contributed by atoms with E-state index in [4.69, 9.17) is 9.29 Å². The topological polar surface area (TPSA) is 63.6 Å². The molecule has 0 saturated heterocycles. The van der Waals surface area contributed by atoms with E-state index in [0.717, 1.165) is 0 Å². The van der Waals surface area contributed by atoms with Crippen LogP contribution in [0.1, 0.15) is 0 Å². The highest BCUT2D eigenvalue weighted by atomic mass is 79.9. The molecule has 7 heteroatoms. The normalized spacial score (nSPS) is 12.5. The monoisotopic (exact) mass is 344 g/mol. The van der Waals surface area contributed by atoms with E-state index in [1.54, 1.807) is 30.3 Å². The lowest BCUT2D eigenvalue weighted by Gasteiger charge is -2.18. The molecule has 0 bridgehead atoms. The third-order valence-electron chi connectivity index (χ3n) is 1.28. The van der Waals surface area contributed by atoms with Gasteiger partial charge in [-0.25, -0.2) is 0 Å². The van der Waals surface area contributed by atoms with Crippen LogP contribution in [-0.4, -0.2) is 15.7 Å². The first kappa shape index (κ1) is 12.0. The van der Waals surface area contributed by atoms with Gasteiger partial charge in [-0.3, -0.25) is 4.55 Å². The Labute approximate surface area is 98.3 Å². The summed E-state index contributed by atoms with van der Waals surface area (Å²) in [7, 11) is -4.39. The summed E-state index contributed by atoms with van der Waals surface area (Å²) in [5, 5.41) is 0. The van der Waals surface area contributed by atoms with E-state index < -0.39 is 12.9 Å². The molecule has 1 N–H and O–H groups in total. The molecule has 1 aromatic rings. The third kappa shape index (κ3) is 2.94. The molecule has 0 unspecified atom stereocenters. The number of benzene rings is 1. The fourth-order valence-corrected chi connectivity index (χ4v) is 1.25. The minimum Gasteiger partial charge on any atom is -0.451 e. The van der Waals surface area contributed by atoms with Crippen molar-refractivity contribution in [1.82, 2.24) is 0 Å². The highest BCUT2D eigenvalue weighted by molar-refractivity contribution is 9.27. The van der Waals surface area contributed by atoms with E-state index in [0.29, 0.717) is 5.75 Å². The van der Waals surface area contributed by atoms with Crippen LogP contribution in [0.2, 0.25) is 0 Å². The van der Waals surface area contributed by atoms with Gasteiger partial charge in [0, 0.05) is 0 Å². The number of alkyl halides is 2. The molecule has 14 heavy (non-hydrogen) atoms. The Kier molecular flexibility index (Phi) is 3.57. The highest BCUT2D eigenvalue weighted by Crippen LogP contribution is 2.34. The number of rotatable bonds is 3. The lowest BCUT2D eigenvalue weighted by molar-refractivity contribution is 0.314. The van der Waals surface area contributed by atoms with E-state index in [-0.39, 0.29) is 0 Å². The summed E-state index contributed by atoms with van der Waals surface area (Å²) in [6.07, 6.45) is 0. The summed E-state index contributed by atoms with van der Waals surface area (Å²) in [4.78, 5) is 0. The molecule has 0 aliphatic rings. The van der Waals surface area contributed by atoms with Gasteiger partial charge in [0.1, 0.15) is 5.75 Å². The molecule has 0 heterocycles. The number of hydrogen-bond donors (Lipinski definition) is 1. The van der Waals surface area contributed by atoms with Gasteiger partial charge < -0.3 is 4.74 Å². The van der Waals surface area contributed by atoms with Crippen LogP contribution < -0.4 is 4.74 Å². The lowest BCUT2D eigenvalue weighted by Crippen LogP contribution is -2.30. The molecule has 0 fully saturated rings.